The molecule has 2 bridgehead atoms. The molecule has 4 atom stereocenters. The fourth-order valence-electron chi connectivity index (χ4n) is 2.78. The Morgan fingerprint density at radius 1 is 1.23 bits per heavy atom. The van der Waals surface area contributed by atoms with Gasteiger partial charge in [0.25, 0.3) is 0 Å². The molecule has 13 heavy (non-hydrogen) atoms. The molecule has 0 aliphatic heterocycles. The summed E-state index contributed by atoms with van der Waals surface area (Å²) in [6, 6.07) is 0.277. The van der Waals surface area contributed by atoms with Crippen molar-refractivity contribution < 1.29 is 9.90 Å². The number of carbonyl (C=O) groups is 1. The van der Waals surface area contributed by atoms with E-state index in [4.69, 9.17) is 10.8 Å². The Morgan fingerprint density at radius 2 is 1.85 bits per heavy atom. The predicted molar refractivity (Wildman–Crippen MR) is 51.8 cm³/mol. The van der Waals surface area contributed by atoms with Crippen molar-refractivity contribution in [2.45, 2.75) is 31.7 Å². The molecule has 3 saturated carbocycles. The third-order valence-electron chi connectivity index (χ3n) is 3.53. The quantitative estimate of drug-likeness (QED) is 0.678. The van der Waals surface area contributed by atoms with Gasteiger partial charge in [0, 0.05) is 6.04 Å². The van der Waals surface area contributed by atoms with Crippen LogP contribution in [0.15, 0.2) is 0 Å². The zero-order chi connectivity index (χ0) is 8.72. The number of hydrogen-bond donors (Lipinski definition) is 2. The van der Waals surface area contributed by atoms with Gasteiger partial charge in [0.15, 0.2) is 0 Å². The van der Waals surface area contributed by atoms with E-state index in [2.05, 4.69) is 0 Å². The molecule has 0 amide bonds. The van der Waals surface area contributed by atoms with Gasteiger partial charge >= 0.3 is 5.97 Å². The standard InChI is InChI=1S/C9H15NO2.ClH/c10-8-4-5-1-2-6(8)3-7(5)9(11)12;/h5-8H,1-4,10H2,(H,11,12);1H. The highest BCUT2D eigenvalue weighted by atomic mass is 35.5. The molecule has 3 nitrogen and oxygen atoms in total. The van der Waals surface area contributed by atoms with E-state index >= 15 is 0 Å². The summed E-state index contributed by atoms with van der Waals surface area (Å²) in [5.41, 5.74) is 5.89. The maximum absolute atomic E-state index is 10.8. The Hall–Kier alpha value is -0.280. The molecule has 3 rings (SSSR count). The molecular formula is C9H16ClNO2. The summed E-state index contributed by atoms with van der Waals surface area (Å²) in [4.78, 5) is 10.8. The monoisotopic (exact) mass is 205 g/mol. The topological polar surface area (TPSA) is 63.3 Å². The smallest absolute Gasteiger partial charge is 0.306 e. The molecule has 4 heteroatoms. The second-order valence-electron chi connectivity index (χ2n) is 4.18. The van der Waals surface area contributed by atoms with Gasteiger partial charge in [-0.15, -0.1) is 12.4 Å². The molecule has 76 valence electrons. The summed E-state index contributed by atoms with van der Waals surface area (Å²) in [5, 5.41) is 8.91. The number of aliphatic carboxylic acids is 1. The van der Waals surface area contributed by atoms with E-state index in [9.17, 15) is 4.79 Å². The van der Waals surface area contributed by atoms with Crippen molar-refractivity contribution in [3.8, 4) is 0 Å². The van der Waals surface area contributed by atoms with Gasteiger partial charge in [0.2, 0.25) is 0 Å². The van der Waals surface area contributed by atoms with Crippen LogP contribution in [0.3, 0.4) is 0 Å². The zero-order valence-electron chi connectivity index (χ0n) is 7.48. The van der Waals surface area contributed by atoms with Crippen molar-refractivity contribution in [1.82, 2.24) is 0 Å². The van der Waals surface area contributed by atoms with Crippen LogP contribution in [-0.2, 0) is 4.79 Å². The van der Waals surface area contributed by atoms with Gasteiger partial charge in [-0.1, -0.05) is 0 Å². The number of fused-ring (bicyclic) bond motifs is 3. The van der Waals surface area contributed by atoms with Gasteiger partial charge in [-0.05, 0) is 37.5 Å². The lowest BCUT2D eigenvalue weighted by Crippen LogP contribution is -2.47. The molecule has 0 heterocycles. The van der Waals surface area contributed by atoms with Gasteiger partial charge in [0.05, 0.1) is 5.92 Å². The number of carboxylic acid groups (broad SMARTS) is 1. The second kappa shape index (κ2) is 3.84. The Labute approximate surface area is 84.1 Å². The summed E-state index contributed by atoms with van der Waals surface area (Å²) < 4.78 is 0. The van der Waals surface area contributed by atoms with Crippen LogP contribution >= 0.6 is 12.4 Å². The van der Waals surface area contributed by atoms with Gasteiger partial charge < -0.3 is 10.8 Å². The summed E-state index contributed by atoms with van der Waals surface area (Å²) >= 11 is 0. The Bertz CT molecular complexity index is 210. The number of carboxylic acids is 1. The van der Waals surface area contributed by atoms with Gasteiger partial charge in [-0.3, -0.25) is 4.79 Å². The van der Waals surface area contributed by atoms with E-state index in [1.165, 1.54) is 0 Å². The summed E-state index contributed by atoms with van der Waals surface area (Å²) in [6.07, 6.45) is 3.98. The fourth-order valence-corrected chi connectivity index (χ4v) is 2.78. The van der Waals surface area contributed by atoms with Crippen LogP contribution in [0.1, 0.15) is 25.7 Å². The molecule has 0 aromatic rings. The summed E-state index contributed by atoms with van der Waals surface area (Å²) in [7, 11) is 0. The summed E-state index contributed by atoms with van der Waals surface area (Å²) in [6.45, 7) is 0. The molecule has 4 unspecified atom stereocenters. The maximum atomic E-state index is 10.8. The van der Waals surface area contributed by atoms with Crippen LogP contribution in [0.4, 0.5) is 0 Å². The van der Waals surface area contributed by atoms with Crippen molar-refractivity contribution in [3.05, 3.63) is 0 Å². The minimum absolute atomic E-state index is 0. The molecule has 0 radical (unpaired) electrons. The van der Waals surface area contributed by atoms with Crippen molar-refractivity contribution >= 4 is 18.4 Å². The lowest BCUT2D eigenvalue weighted by molar-refractivity contribution is -0.147. The number of halogens is 1. The normalized spacial score (nSPS) is 42.5. The van der Waals surface area contributed by atoms with Gasteiger partial charge in [-0.25, -0.2) is 0 Å². The first kappa shape index (κ1) is 10.8. The molecule has 0 saturated heterocycles. The average molecular weight is 206 g/mol. The van der Waals surface area contributed by atoms with Crippen molar-refractivity contribution in [1.29, 1.82) is 0 Å². The van der Waals surface area contributed by atoms with Crippen LogP contribution < -0.4 is 5.73 Å². The van der Waals surface area contributed by atoms with E-state index in [0.29, 0.717) is 11.8 Å². The van der Waals surface area contributed by atoms with Crippen molar-refractivity contribution in [2.24, 2.45) is 23.5 Å². The molecule has 3 aliphatic carbocycles. The molecule has 3 aliphatic rings. The molecule has 0 spiro atoms. The minimum atomic E-state index is -0.614. The first-order valence-corrected chi connectivity index (χ1v) is 4.67. The molecule has 3 N–H and O–H groups in total. The molecule has 0 aromatic heterocycles. The number of nitrogens with two attached hydrogens (primary N) is 1. The Balaban J connectivity index is 0.000000845. The van der Waals surface area contributed by atoms with Crippen LogP contribution in [0.5, 0.6) is 0 Å². The van der Waals surface area contributed by atoms with Crippen LogP contribution in [0, 0.1) is 17.8 Å². The van der Waals surface area contributed by atoms with Gasteiger partial charge in [0.1, 0.15) is 0 Å². The van der Waals surface area contributed by atoms with E-state index in [0.717, 1.165) is 25.7 Å². The summed E-state index contributed by atoms with van der Waals surface area (Å²) in [5.74, 6) is 0.138. The predicted octanol–water partition coefficient (Wildman–Crippen LogP) is 1.26. The highest BCUT2D eigenvalue weighted by Crippen LogP contribution is 2.44. The highest BCUT2D eigenvalue weighted by Gasteiger charge is 2.43. The third kappa shape index (κ3) is 1.81. The fraction of sp³-hybridized carbons (Fsp3) is 0.889. The first-order valence-electron chi connectivity index (χ1n) is 4.67. The highest BCUT2D eigenvalue weighted by molar-refractivity contribution is 5.85. The largest absolute Gasteiger partial charge is 0.481 e. The minimum Gasteiger partial charge on any atom is -0.481 e. The van der Waals surface area contributed by atoms with Gasteiger partial charge in [-0.2, -0.15) is 0 Å². The van der Waals surface area contributed by atoms with Crippen molar-refractivity contribution in [3.63, 3.8) is 0 Å². The van der Waals surface area contributed by atoms with E-state index in [1.807, 2.05) is 0 Å². The molecular weight excluding hydrogens is 190 g/mol. The number of rotatable bonds is 1. The lowest BCUT2D eigenvalue weighted by atomic mass is 9.62. The first-order chi connectivity index (χ1) is 5.68. The number of hydrogen-bond acceptors (Lipinski definition) is 2. The zero-order valence-corrected chi connectivity index (χ0v) is 8.30. The Kier molecular flexibility index (Phi) is 3.19. The molecule has 3 fully saturated rings. The van der Waals surface area contributed by atoms with Crippen molar-refractivity contribution in [2.75, 3.05) is 0 Å². The second-order valence-corrected chi connectivity index (χ2v) is 4.18. The van der Waals surface area contributed by atoms with E-state index < -0.39 is 5.97 Å². The molecule has 0 aromatic carbocycles. The lowest BCUT2D eigenvalue weighted by Gasteiger charge is -2.44. The van der Waals surface area contributed by atoms with E-state index in [1.54, 1.807) is 0 Å². The SMILES string of the molecule is Cl.NC1CC2CCC1CC2C(=O)O. The maximum Gasteiger partial charge on any atom is 0.306 e. The van der Waals surface area contributed by atoms with Crippen LogP contribution in [-0.4, -0.2) is 17.1 Å². The van der Waals surface area contributed by atoms with E-state index in [-0.39, 0.29) is 24.4 Å². The third-order valence-corrected chi connectivity index (χ3v) is 3.53. The van der Waals surface area contributed by atoms with Crippen LogP contribution in [0.25, 0.3) is 0 Å². The van der Waals surface area contributed by atoms with Crippen LogP contribution in [0.2, 0.25) is 0 Å². The Morgan fingerprint density at radius 3 is 2.23 bits per heavy atom. The average Bonchev–Trinajstić information content (AvgIpc) is 2.04.